The zero-order valence-electron chi connectivity index (χ0n) is 15.5. The number of carbonyl (C=O) groups excluding carboxylic acids is 1. The fourth-order valence-corrected chi connectivity index (χ4v) is 2.88. The first-order chi connectivity index (χ1) is 12.3. The number of aromatic amines is 1. The van der Waals surface area contributed by atoms with Gasteiger partial charge < -0.3 is 19.9 Å². The lowest BCUT2D eigenvalue weighted by Crippen LogP contribution is -2.50. The highest BCUT2D eigenvalue weighted by Crippen LogP contribution is 2.21. The molecule has 1 aliphatic rings. The Kier molecular flexibility index (Phi) is 4.71. The third-order valence-corrected chi connectivity index (χ3v) is 4.20. The van der Waals surface area contributed by atoms with Gasteiger partial charge in [0.2, 0.25) is 0 Å². The molecule has 1 aliphatic heterocycles. The third kappa shape index (κ3) is 3.87. The second kappa shape index (κ2) is 6.82. The lowest BCUT2D eigenvalue weighted by molar-refractivity contribution is 0.182. The van der Waals surface area contributed by atoms with Gasteiger partial charge in [-0.3, -0.25) is 4.79 Å². The van der Waals surface area contributed by atoms with Crippen LogP contribution < -0.4 is 15.6 Å². The lowest BCUT2D eigenvalue weighted by atomic mass is 10.1. The molecule has 26 heavy (non-hydrogen) atoms. The maximum absolute atomic E-state index is 12.6. The van der Waals surface area contributed by atoms with Crippen molar-refractivity contribution in [2.45, 2.75) is 39.3 Å². The van der Waals surface area contributed by atoms with Crippen LogP contribution in [-0.4, -0.2) is 40.1 Å². The second-order valence-electron chi connectivity index (χ2n) is 7.42. The highest BCUT2D eigenvalue weighted by atomic mass is 16.5. The predicted octanol–water partition coefficient (Wildman–Crippen LogP) is 2.31. The molecular formula is C19H24N4O3. The van der Waals surface area contributed by atoms with E-state index in [2.05, 4.69) is 15.3 Å². The average molecular weight is 356 g/mol. The number of rotatable bonds is 2. The molecule has 0 bridgehead atoms. The van der Waals surface area contributed by atoms with Gasteiger partial charge in [-0.05, 0) is 45.0 Å². The quantitative estimate of drug-likeness (QED) is 0.864. The van der Waals surface area contributed by atoms with Crippen LogP contribution in [0.4, 0.5) is 4.79 Å². The average Bonchev–Trinajstić information content (AvgIpc) is 2.60. The van der Waals surface area contributed by atoms with Crippen molar-refractivity contribution < 1.29 is 9.53 Å². The van der Waals surface area contributed by atoms with Gasteiger partial charge in [-0.1, -0.05) is 0 Å². The molecule has 3 rings (SSSR count). The number of carbonyl (C=O) groups is 1. The van der Waals surface area contributed by atoms with Crippen LogP contribution in [0.25, 0.3) is 11.4 Å². The first-order valence-electron chi connectivity index (χ1n) is 8.60. The summed E-state index contributed by atoms with van der Waals surface area (Å²) in [5.74, 6) is 1.28. The maximum atomic E-state index is 12.6. The molecule has 1 aromatic heterocycles. The molecule has 138 valence electrons. The number of aromatic nitrogens is 2. The Morgan fingerprint density at radius 3 is 2.58 bits per heavy atom. The molecule has 2 heterocycles. The van der Waals surface area contributed by atoms with E-state index in [0.717, 1.165) is 17.0 Å². The molecule has 0 saturated carbocycles. The number of amides is 2. The Morgan fingerprint density at radius 1 is 1.27 bits per heavy atom. The fraction of sp³-hybridized carbons (Fsp3) is 0.421. The summed E-state index contributed by atoms with van der Waals surface area (Å²) in [6.07, 6.45) is 0.556. The summed E-state index contributed by atoms with van der Waals surface area (Å²) in [5.41, 5.74) is 1.60. The fourth-order valence-electron chi connectivity index (χ4n) is 2.88. The minimum atomic E-state index is -0.319. The summed E-state index contributed by atoms with van der Waals surface area (Å²) in [5, 5.41) is 2.93. The van der Waals surface area contributed by atoms with Gasteiger partial charge in [0.25, 0.3) is 5.56 Å². The predicted molar refractivity (Wildman–Crippen MR) is 99.2 cm³/mol. The summed E-state index contributed by atoms with van der Waals surface area (Å²) in [6.45, 7) is 6.59. The van der Waals surface area contributed by atoms with Crippen LogP contribution in [0.1, 0.15) is 32.0 Å². The normalized spacial score (nSPS) is 13.9. The smallest absolute Gasteiger partial charge is 0.318 e. The molecule has 0 aliphatic carbocycles. The van der Waals surface area contributed by atoms with Gasteiger partial charge in [-0.15, -0.1) is 0 Å². The minimum Gasteiger partial charge on any atom is -0.497 e. The van der Waals surface area contributed by atoms with Crippen molar-refractivity contribution in [2.75, 3.05) is 13.7 Å². The highest BCUT2D eigenvalue weighted by molar-refractivity contribution is 5.75. The van der Waals surface area contributed by atoms with Crippen LogP contribution >= 0.6 is 0 Å². The van der Waals surface area contributed by atoms with Crippen molar-refractivity contribution in [3.8, 4) is 17.1 Å². The second-order valence-corrected chi connectivity index (χ2v) is 7.42. The van der Waals surface area contributed by atoms with Crippen LogP contribution in [0.2, 0.25) is 0 Å². The summed E-state index contributed by atoms with van der Waals surface area (Å²) in [6, 6.07) is 7.20. The van der Waals surface area contributed by atoms with Crippen LogP contribution in [0.15, 0.2) is 29.1 Å². The van der Waals surface area contributed by atoms with Crippen LogP contribution in [0, 0.1) is 0 Å². The van der Waals surface area contributed by atoms with E-state index in [1.165, 1.54) is 0 Å². The van der Waals surface area contributed by atoms with Gasteiger partial charge in [-0.25, -0.2) is 9.78 Å². The lowest BCUT2D eigenvalue weighted by Gasteiger charge is -2.31. The molecule has 2 aromatic rings. The molecule has 7 nitrogen and oxygen atoms in total. The topological polar surface area (TPSA) is 87.3 Å². The number of nitrogens with one attached hydrogen (secondary N) is 2. The summed E-state index contributed by atoms with van der Waals surface area (Å²) in [4.78, 5) is 34.0. The SMILES string of the molecule is COc1ccc(-c2nc3c(c(=O)[nH]2)CN(C(=O)NC(C)(C)C)CC3)cc1. The molecule has 2 N–H and O–H groups in total. The van der Waals surface area contributed by atoms with E-state index in [1.807, 2.05) is 45.0 Å². The molecule has 0 radical (unpaired) electrons. The van der Waals surface area contributed by atoms with E-state index >= 15 is 0 Å². The van der Waals surface area contributed by atoms with E-state index < -0.39 is 0 Å². The van der Waals surface area contributed by atoms with E-state index in [9.17, 15) is 9.59 Å². The van der Waals surface area contributed by atoms with Gasteiger partial charge in [0.1, 0.15) is 11.6 Å². The minimum absolute atomic E-state index is 0.165. The van der Waals surface area contributed by atoms with Crippen molar-refractivity contribution in [3.63, 3.8) is 0 Å². The van der Waals surface area contributed by atoms with Gasteiger partial charge in [0.05, 0.1) is 24.9 Å². The Morgan fingerprint density at radius 2 is 1.96 bits per heavy atom. The zero-order chi connectivity index (χ0) is 18.9. The molecule has 0 atom stereocenters. The molecule has 2 amide bonds. The number of urea groups is 1. The first kappa shape index (κ1) is 18.0. The van der Waals surface area contributed by atoms with Gasteiger partial charge in [-0.2, -0.15) is 0 Å². The Labute approximate surface area is 152 Å². The number of fused-ring (bicyclic) bond motifs is 1. The van der Waals surface area contributed by atoms with Crippen molar-refractivity contribution in [2.24, 2.45) is 0 Å². The molecule has 7 heteroatoms. The summed E-state index contributed by atoms with van der Waals surface area (Å²) in [7, 11) is 1.61. The number of hydrogen-bond donors (Lipinski definition) is 2. The Hall–Kier alpha value is -2.83. The molecule has 0 saturated heterocycles. The number of nitrogens with zero attached hydrogens (tertiary/aromatic N) is 2. The number of hydrogen-bond acceptors (Lipinski definition) is 4. The van der Waals surface area contributed by atoms with E-state index in [1.54, 1.807) is 12.0 Å². The Balaban J connectivity index is 1.84. The highest BCUT2D eigenvalue weighted by Gasteiger charge is 2.26. The number of H-pyrrole nitrogens is 1. The van der Waals surface area contributed by atoms with E-state index in [4.69, 9.17) is 4.74 Å². The molecule has 0 unspecified atom stereocenters. The zero-order valence-corrected chi connectivity index (χ0v) is 15.5. The monoisotopic (exact) mass is 356 g/mol. The first-order valence-corrected chi connectivity index (χ1v) is 8.60. The molecule has 0 fully saturated rings. The third-order valence-electron chi connectivity index (χ3n) is 4.20. The number of methoxy groups -OCH3 is 1. The van der Waals surface area contributed by atoms with Crippen molar-refractivity contribution in [3.05, 3.63) is 45.9 Å². The van der Waals surface area contributed by atoms with Crippen LogP contribution in [0.5, 0.6) is 5.75 Å². The van der Waals surface area contributed by atoms with Crippen LogP contribution in [-0.2, 0) is 13.0 Å². The summed E-state index contributed by atoms with van der Waals surface area (Å²) < 4.78 is 5.15. The standard InChI is InChI=1S/C19H24N4O3/c1-19(2,3)22-18(25)23-10-9-15-14(11-23)17(24)21-16(20-15)12-5-7-13(26-4)8-6-12/h5-8H,9-11H2,1-4H3,(H,22,25)(H,20,21,24). The van der Waals surface area contributed by atoms with Crippen LogP contribution in [0.3, 0.4) is 0 Å². The van der Waals surface area contributed by atoms with Gasteiger partial charge in [0, 0.05) is 24.1 Å². The largest absolute Gasteiger partial charge is 0.497 e. The molecule has 0 spiro atoms. The van der Waals surface area contributed by atoms with E-state index in [0.29, 0.717) is 24.4 Å². The summed E-state index contributed by atoms with van der Waals surface area (Å²) >= 11 is 0. The van der Waals surface area contributed by atoms with Crippen molar-refractivity contribution in [1.82, 2.24) is 20.2 Å². The van der Waals surface area contributed by atoms with Crippen molar-refractivity contribution >= 4 is 6.03 Å². The molecular weight excluding hydrogens is 332 g/mol. The van der Waals surface area contributed by atoms with Crippen molar-refractivity contribution in [1.29, 1.82) is 0 Å². The van der Waals surface area contributed by atoms with E-state index in [-0.39, 0.29) is 23.7 Å². The number of ether oxygens (including phenoxy) is 1. The maximum Gasteiger partial charge on any atom is 0.318 e. The van der Waals surface area contributed by atoms with Gasteiger partial charge >= 0.3 is 6.03 Å². The Bertz CT molecular complexity index is 866. The van der Waals surface area contributed by atoms with Gasteiger partial charge in [0.15, 0.2) is 0 Å². The molecule has 1 aromatic carbocycles. The number of benzene rings is 1.